The van der Waals surface area contributed by atoms with Crippen molar-refractivity contribution in [3.63, 3.8) is 0 Å². The van der Waals surface area contributed by atoms with Crippen LogP contribution in [0.3, 0.4) is 0 Å². The highest BCUT2D eigenvalue weighted by Gasteiger charge is 2.08. The number of nitrogens with zero attached hydrogens (tertiary/aromatic N) is 3. The topological polar surface area (TPSA) is 60.2 Å². The molecule has 0 saturated carbocycles. The van der Waals surface area contributed by atoms with Crippen molar-refractivity contribution < 1.29 is 9.84 Å². The number of aliphatic hydroxyl groups excluding tert-OH is 1. The van der Waals surface area contributed by atoms with E-state index in [1.165, 1.54) is 0 Å². The smallest absolute Gasteiger partial charge is 0.219 e. The molecule has 0 bridgehead atoms. The van der Waals surface area contributed by atoms with E-state index in [0.717, 1.165) is 5.56 Å². The highest BCUT2D eigenvalue weighted by atomic mass is 16.5. The van der Waals surface area contributed by atoms with E-state index in [9.17, 15) is 5.11 Å². The van der Waals surface area contributed by atoms with Crippen LogP contribution in [-0.4, -0.2) is 19.6 Å². The molecule has 0 aliphatic heterocycles. The van der Waals surface area contributed by atoms with Crippen molar-refractivity contribution in [3.8, 4) is 11.6 Å². The Morgan fingerprint density at radius 3 is 2.62 bits per heavy atom. The van der Waals surface area contributed by atoms with Gasteiger partial charge >= 0.3 is 0 Å². The van der Waals surface area contributed by atoms with Crippen LogP contribution in [-0.2, 0) is 6.54 Å². The maximum Gasteiger partial charge on any atom is 0.219 e. The summed E-state index contributed by atoms with van der Waals surface area (Å²) in [6, 6.07) is 12.8. The molecule has 3 rings (SSSR count). The van der Waals surface area contributed by atoms with Crippen LogP contribution >= 0.6 is 0 Å². The first kappa shape index (κ1) is 13.3. The van der Waals surface area contributed by atoms with E-state index in [0.29, 0.717) is 18.2 Å². The lowest BCUT2D eigenvalue weighted by molar-refractivity contribution is 0.156. The predicted molar refractivity (Wildman–Crippen MR) is 77.9 cm³/mol. The molecule has 0 radical (unpaired) electrons. The first-order valence-electron chi connectivity index (χ1n) is 6.64. The molecule has 1 aromatic carbocycles. The summed E-state index contributed by atoms with van der Waals surface area (Å²) in [4.78, 5) is 8.05. The Hall–Kier alpha value is -2.66. The largest absolute Gasteiger partial charge is 0.439 e. The summed E-state index contributed by atoms with van der Waals surface area (Å²) in [7, 11) is 0. The number of imidazole rings is 1. The lowest BCUT2D eigenvalue weighted by Gasteiger charge is -2.12. The number of pyridine rings is 1. The number of ether oxygens (including phenoxy) is 1. The second kappa shape index (κ2) is 6.19. The van der Waals surface area contributed by atoms with Crippen molar-refractivity contribution in [2.45, 2.75) is 12.6 Å². The summed E-state index contributed by atoms with van der Waals surface area (Å²) in [6.45, 7) is 0.473. The Labute approximate surface area is 122 Å². The minimum Gasteiger partial charge on any atom is -0.439 e. The fourth-order valence-corrected chi connectivity index (χ4v) is 1.99. The second-order valence-corrected chi connectivity index (χ2v) is 4.61. The Morgan fingerprint density at radius 1 is 1.10 bits per heavy atom. The van der Waals surface area contributed by atoms with Gasteiger partial charge in [-0.15, -0.1) is 0 Å². The van der Waals surface area contributed by atoms with Gasteiger partial charge in [0.15, 0.2) is 0 Å². The quantitative estimate of drug-likeness (QED) is 0.781. The standard InChI is InChI=1S/C16H15N3O2/c20-15(11-19-10-9-17-12-19)13-4-6-14(7-5-13)21-16-3-1-2-8-18-16/h1-10,12,15,20H,11H2. The van der Waals surface area contributed by atoms with Crippen LogP contribution in [0.15, 0.2) is 67.4 Å². The Balaban J connectivity index is 1.66. The minimum atomic E-state index is -0.580. The fraction of sp³-hybridized carbons (Fsp3) is 0.125. The van der Waals surface area contributed by atoms with Gasteiger partial charge < -0.3 is 14.4 Å². The van der Waals surface area contributed by atoms with Crippen LogP contribution in [0.1, 0.15) is 11.7 Å². The maximum absolute atomic E-state index is 10.2. The van der Waals surface area contributed by atoms with Crippen LogP contribution in [0, 0.1) is 0 Å². The molecular weight excluding hydrogens is 266 g/mol. The number of benzene rings is 1. The molecule has 0 aliphatic carbocycles. The summed E-state index contributed by atoms with van der Waals surface area (Å²) in [6.07, 6.45) is 6.29. The van der Waals surface area contributed by atoms with Gasteiger partial charge in [-0.25, -0.2) is 9.97 Å². The number of aliphatic hydroxyl groups is 1. The summed E-state index contributed by atoms with van der Waals surface area (Å²) >= 11 is 0. The lowest BCUT2D eigenvalue weighted by Crippen LogP contribution is -2.06. The van der Waals surface area contributed by atoms with Gasteiger partial charge in [-0.3, -0.25) is 0 Å². The van der Waals surface area contributed by atoms with E-state index < -0.39 is 6.10 Å². The van der Waals surface area contributed by atoms with Gasteiger partial charge in [0.1, 0.15) is 5.75 Å². The monoisotopic (exact) mass is 281 g/mol. The minimum absolute atomic E-state index is 0.473. The summed E-state index contributed by atoms with van der Waals surface area (Å²) in [5, 5.41) is 10.2. The average Bonchev–Trinajstić information content (AvgIpc) is 3.02. The van der Waals surface area contributed by atoms with Gasteiger partial charge in [-0.05, 0) is 23.8 Å². The van der Waals surface area contributed by atoms with E-state index >= 15 is 0 Å². The summed E-state index contributed by atoms with van der Waals surface area (Å²) < 4.78 is 7.45. The number of rotatable bonds is 5. The summed E-state index contributed by atoms with van der Waals surface area (Å²) in [5.41, 5.74) is 0.831. The molecule has 0 spiro atoms. The second-order valence-electron chi connectivity index (χ2n) is 4.61. The van der Waals surface area contributed by atoms with Gasteiger partial charge in [0.25, 0.3) is 0 Å². The fourth-order valence-electron chi connectivity index (χ4n) is 1.99. The molecule has 0 amide bonds. The molecule has 2 aromatic heterocycles. The van der Waals surface area contributed by atoms with Crippen LogP contribution in [0.2, 0.25) is 0 Å². The van der Waals surface area contributed by atoms with E-state index in [1.54, 1.807) is 24.8 Å². The third-order valence-corrected chi connectivity index (χ3v) is 3.07. The molecule has 5 heteroatoms. The molecule has 0 fully saturated rings. The third kappa shape index (κ3) is 3.46. The molecule has 1 unspecified atom stereocenters. The molecule has 21 heavy (non-hydrogen) atoms. The van der Waals surface area contributed by atoms with Gasteiger partial charge in [0, 0.05) is 24.7 Å². The highest BCUT2D eigenvalue weighted by molar-refractivity contribution is 5.31. The third-order valence-electron chi connectivity index (χ3n) is 3.07. The Morgan fingerprint density at radius 2 is 1.95 bits per heavy atom. The van der Waals surface area contributed by atoms with Gasteiger partial charge in [-0.1, -0.05) is 18.2 Å². The van der Waals surface area contributed by atoms with Crippen molar-refractivity contribution in [3.05, 3.63) is 72.9 Å². The molecule has 0 aliphatic rings. The average molecular weight is 281 g/mol. The SMILES string of the molecule is OC(Cn1ccnc1)c1ccc(Oc2ccccn2)cc1. The van der Waals surface area contributed by atoms with Gasteiger partial charge in [0.2, 0.25) is 5.88 Å². The number of hydrogen-bond donors (Lipinski definition) is 1. The van der Waals surface area contributed by atoms with Gasteiger partial charge in [-0.2, -0.15) is 0 Å². The predicted octanol–water partition coefficient (Wildman–Crippen LogP) is 2.80. The molecule has 5 nitrogen and oxygen atoms in total. The number of aromatic nitrogens is 3. The van der Waals surface area contributed by atoms with E-state index in [4.69, 9.17) is 4.74 Å². The van der Waals surface area contributed by atoms with E-state index in [-0.39, 0.29) is 0 Å². The van der Waals surface area contributed by atoms with Crippen LogP contribution in [0.5, 0.6) is 11.6 Å². The lowest BCUT2D eigenvalue weighted by atomic mass is 10.1. The van der Waals surface area contributed by atoms with E-state index in [1.807, 2.05) is 47.2 Å². The van der Waals surface area contributed by atoms with Crippen molar-refractivity contribution in [2.24, 2.45) is 0 Å². The van der Waals surface area contributed by atoms with Gasteiger partial charge in [0.05, 0.1) is 19.0 Å². The highest BCUT2D eigenvalue weighted by Crippen LogP contribution is 2.22. The number of hydrogen-bond acceptors (Lipinski definition) is 4. The molecule has 3 aromatic rings. The first-order chi connectivity index (χ1) is 10.3. The molecule has 2 heterocycles. The molecular formula is C16H15N3O2. The van der Waals surface area contributed by atoms with E-state index in [2.05, 4.69) is 9.97 Å². The van der Waals surface area contributed by atoms with Crippen molar-refractivity contribution in [2.75, 3.05) is 0 Å². The van der Waals surface area contributed by atoms with Crippen molar-refractivity contribution in [1.82, 2.24) is 14.5 Å². The van der Waals surface area contributed by atoms with Crippen LogP contribution in [0.25, 0.3) is 0 Å². The van der Waals surface area contributed by atoms with Crippen molar-refractivity contribution in [1.29, 1.82) is 0 Å². The molecule has 1 N–H and O–H groups in total. The molecule has 0 saturated heterocycles. The zero-order valence-electron chi connectivity index (χ0n) is 11.3. The maximum atomic E-state index is 10.2. The molecule has 1 atom stereocenters. The van der Waals surface area contributed by atoms with Crippen LogP contribution < -0.4 is 4.74 Å². The Kier molecular flexibility index (Phi) is 3.93. The zero-order valence-corrected chi connectivity index (χ0v) is 11.3. The van der Waals surface area contributed by atoms with Crippen LogP contribution in [0.4, 0.5) is 0 Å². The first-order valence-corrected chi connectivity index (χ1v) is 6.64. The normalized spacial score (nSPS) is 12.0. The zero-order chi connectivity index (χ0) is 14.5. The summed E-state index contributed by atoms with van der Waals surface area (Å²) in [5.74, 6) is 1.23. The van der Waals surface area contributed by atoms with Crippen molar-refractivity contribution >= 4 is 0 Å². The Bertz CT molecular complexity index is 667. The molecule has 106 valence electrons.